The van der Waals surface area contributed by atoms with Gasteiger partial charge in [0.05, 0.1) is 19.1 Å². The molecule has 158 valence electrons. The molecule has 4 rings (SSSR count). The summed E-state index contributed by atoms with van der Waals surface area (Å²) in [5.41, 5.74) is -2.54. The summed E-state index contributed by atoms with van der Waals surface area (Å²) in [6.45, 7) is -0.211. The molecule has 29 heavy (non-hydrogen) atoms. The second-order valence-electron chi connectivity index (χ2n) is 8.62. The van der Waals surface area contributed by atoms with E-state index in [1.54, 1.807) is 24.1 Å². The molecule has 0 bridgehead atoms. The van der Waals surface area contributed by atoms with Crippen molar-refractivity contribution in [3.05, 3.63) is 29.8 Å². The van der Waals surface area contributed by atoms with Crippen molar-refractivity contribution in [2.45, 2.75) is 50.2 Å². The second-order valence-corrected chi connectivity index (χ2v) is 8.62. The van der Waals surface area contributed by atoms with Gasteiger partial charge in [-0.25, -0.2) is 13.2 Å². The first kappa shape index (κ1) is 20.0. The van der Waals surface area contributed by atoms with Crippen molar-refractivity contribution in [3.63, 3.8) is 0 Å². The SMILES string of the molecule is COc1cccc(CN2CCC[C@@]3(CN(C(=O)C4(F)CC4)CC(F)(F)C3)C2=O)c1. The number of amides is 2. The fourth-order valence-corrected chi connectivity index (χ4v) is 4.66. The Balaban J connectivity index is 1.56. The van der Waals surface area contributed by atoms with Crippen molar-refractivity contribution < 1.29 is 27.5 Å². The summed E-state index contributed by atoms with van der Waals surface area (Å²) in [6.07, 6.45) is 0.373. The van der Waals surface area contributed by atoms with Crippen LogP contribution in [0.5, 0.6) is 5.75 Å². The van der Waals surface area contributed by atoms with Crippen LogP contribution < -0.4 is 4.74 Å². The van der Waals surface area contributed by atoms with Crippen molar-refractivity contribution in [1.29, 1.82) is 0 Å². The first-order valence-corrected chi connectivity index (χ1v) is 9.95. The van der Waals surface area contributed by atoms with E-state index in [1.807, 2.05) is 12.1 Å². The molecule has 8 heteroatoms. The minimum atomic E-state index is -3.21. The van der Waals surface area contributed by atoms with E-state index in [2.05, 4.69) is 0 Å². The number of nitrogens with zero attached hydrogens (tertiary/aromatic N) is 2. The Labute approximate surface area is 167 Å². The van der Waals surface area contributed by atoms with E-state index in [1.165, 1.54) is 0 Å². The predicted molar refractivity (Wildman–Crippen MR) is 99.3 cm³/mol. The fraction of sp³-hybridized carbons (Fsp3) is 0.619. The zero-order valence-electron chi connectivity index (χ0n) is 16.4. The Bertz CT molecular complexity index is 827. The van der Waals surface area contributed by atoms with Gasteiger partial charge in [0, 0.05) is 26.1 Å². The molecule has 0 radical (unpaired) electrons. The van der Waals surface area contributed by atoms with Crippen LogP contribution in [0, 0.1) is 5.41 Å². The molecule has 2 amide bonds. The number of carbonyl (C=O) groups is 2. The molecule has 2 saturated heterocycles. The maximum atomic E-state index is 14.6. The van der Waals surface area contributed by atoms with Crippen LogP contribution in [0.4, 0.5) is 13.2 Å². The molecule has 1 atom stereocenters. The number of alkyl halides is 3. The Morgan fingerprint density at radius 2 is 1.93 bits per heavy atom. The van der Waals surface area contributed by atoms with Crippen LogP contribution in [0.1, 0.15) is 37.7 Å². The van der Waals surface area contributed by atoms with Crippen molar-refractivity contribution in [2.24, 2.45) is 5.41 Å². The van der Waals surface area contributed by atoms with E-state index < -0.39 is 35.9 Å². The molecule has 0 aromatic heterocycles. The van der Waals surface area contributed by atoms with Gasteiger partial charge in [-0.2, -0.15) is 0 Å². The van der Waals surface area contributed by atoms with Gasteiger partial charge < -0.3 is 14.5 Å². The highest BCUT2D eigenvalue weighted by atomic mass is 19.3. The molecule has 2 aliphatic heterocycles. The number of piperidine rings is 2. The number of methoxy groups -OCH3 is 1. The lowest BCUT2D eigenvalue weighted by molar-refractivity contribution is -0.177. The summed E-state index contributed by atoms with van der Waals surface area (Å²) in [5.74, 6) is -3.84. The van der Waals surface area contributed by atoms with Crippen molar-refractivity contribution in [3.8, 4) is 5.75 Å². The average molecular weight is 410 g/mol. The molecule has 0 N–H and O–H groups in total. The molecule has 1 aromatic rings. The predicted octanol–water partition coefficient (Wildman–Crippen LogP) is 3.17. The van der Waals surface area contributed by atoms with Gasteiger partial charge in [0.15, 0.2) is 5.67 Å². The Morgan fingerprint density at radius 3 is 2.62 bits per heavy atom. The van der Waals surface area contributed by atoms with Crippen LogP contribution in [0.25, 0.3) is 0 Å². The van der Waals surface area contributed by atoms with Crippen LogP contribution in [-0.2, 0) is 16.1 Å². The number of hydrogen-bond acceptors (Lipinski definition) is 3. The highest BCUT2D eigenvalue weighted by Crippen LogP contribution is 2.48. The minimum Gasteiger partial charge on any atom is -0.497 e. The molecule has 1 saturated carbocycles. The number of benzene rings is 1. The highest BCUT2D eigenvalue weighted by Gasteiger charge is 2.60. The lowest BCUT2D eigenvalue weighted by atomic mass is 9.71. The number of hydrogen-bond donors (Lipinski definition) is 0. The van der Waals surface area contributed by atoms with Gasteiger partial charge in [-0.05, 0) is 43.4 Å². The summed E-state index contributed by atoms with van der Waals surface area (Å²) in [7, 11) is 1.55. The maximum absolute atomic E-state index is 14.6. The van der Waals surface area contributed by atoms with Crippen LogP contribution >= 0.6 is 0 Å². The van der Waals surface area contributed by atoms with Crippen molar-refractivity contribution in [2.75, 3.05) is 26.7 Å². The zero-order chi connectivity index (χ0) is 20.9. The van der Waals surface area contributed by atoms with Gasteiger partial charge in [0.2, 0.25) is 5.91 Å². The van der Waals surface area contributed by atoms with Gasteiger partial charge in [0.1, 0.15) is 5.75 Å². The number of ether oxygens (including phenoxy) is 1. The first-order valence-electron chi connectivity index (χ1n) is 9.95. The quantitative estimate of drug-likeness (QED) is 0.766. The van der Waals surface area contributed by atoms with Gasteiger partial charge in [-0.3, -0.25) is 9.59 Å². The fourth-order valence-electron chi connectivity index (χ4n) is 4.66. The Kier molecular flexibility index (Phi) is 4.78. The topological polar surface area (TPSA) is 49.9 Å². The summed E-state index contributed by atoms with van der Waals surface area (Å²) in [4.78, 5) is 28.2. The third-order valence-corrected chi connectivity index (χ3v) is 6.20. The van der Waals surface area contributed by atoms with E-state index in [4.69, 9.17) is 4.74 Å². The van der Waals surface area contributed by atoms with Crippen LogP contribution in [0.3, 0.4) is 0 Å². The molecule has 1 spiro atoms. The third kappa shape index (κ3) is 3.81. The standard InChI is InChI=1S/C21H25F3N2O3/c1-29-16-5-2-4-15(10-16)11-25-9-3-6-19(17(25)27)12-21(23,24)14-26(13-19)18(28)20(22)7-8-20/h2,4-5,10H,3,6-9,11-14H2,1H3/t19-/m1/s1. The largest absolute Gasteiger partial charge is 0.497 e. The van der Waals surface area contributed by atoms with Gasteiger partial charge in [-0.15, -0.1) is 0 Å². The lowest BCUT2D eigenvalue weighted by Gasteiger charge is -2.49. The Morgan fingerprint density at radius 1 is 1.17 bits per heavy atom. The van der Waals surface area contributed by atoms with E-state index in [-0.39, 0.29) is 38.3 Å². The molecule has 5 nitrogen and oxygen atoms in total. The minimum absolute atomic E-state index is 0.0663. The zero-order valence-corrected chi connectivity index (χ0v) is 16.4. The number of halogens is 3. The van der Waals surface area contributed by atoms with Gasteiger partial charge in [-0.1, -0.05) is 12.1 Å². The molecular formula is C21H25F3N2O3. The number of carbonyl (C=O) groups excluding carboxylic acids is 2. The molecule has 0 unspecified atom stereocenters. The molecule has 1 aliphatic carbocycles. The van der Waals surface area contributed by atoms with Crippen molar-refractivity contribution >= 4 is 11.8 Å². The smallest absolute Gasteiger partial charge is 0.266 e. The van der Waals surface area contributed by atoms with Gasteiger partial charge in [0.25, 0.3) is 11.8 Å². The van der Waals surface area contributed by atoms with Crippen LogP contribution in [0.2, 0.25) is 0 Å². The lowest BCUT2D eigenvalue weighted by Crippen LogP contribution is -2.62. The maximum Gasteiger partial charge on any atom is 0.266 e. The van der Waals surface area contributed by atoms with E-state index in [9.17, 15) is 22.8 Å². The normalized spacial score (nSPS) is 27.8. The number of likely N-dealkylation sites (tertiary alicyclic amines) is 2. The van der Waals surface area contributed by atoms with Crippen LogP contribution in [-0.4, -0.2) is 59.9 Å². The first-order chi connectivity index (χ1) is 13.7. The van der Waals surface area contributed by atoms with Crippen molar-refractivity contribution in [1.82, 2.24) is 9.80 Å². The van der Waals surface area contributed by atoms with Gasteiger partial charge >= 0.3 is 0 Å². The summed E-state index contributed by atoms with van der Waals surface area (Å²) in [5, 5.41) is 0. The number of rotatable bonds is 4. The summed E-state index contributed by atoms with van der Waals surface area (Å²) >= 11 is 0. The highest BCUT2D eigenvalue weighted by molar-refractivity contribution is 5.90. The average Bonchev–Trinajstić information content (AvgIpc) is 3.42. The molecule has 1 aromatic carbocycles. The molecular weight excluding hydrogens is 385 g/mol. The van der Waals surface area contributed by atoms with E-state index >= 15 is 0 Å². The Hall–Kier alpha value is -2.25. The van der Waals surface area contributed by atoms with Crippen LogP contribution in [0.15, 0.2) is 24.3 Å². The third-order valence-electron chi connectivity index (χ3n) is 6.20. The van der Waals surface area contributed by atoms with E-state index in [0.717, 1.165) is 10.5 Å². The van der Waals surface area contributed by atoms with E-state index in [0.29, 0.717) is 18.7 Å². The molecule has 3 fully saturated rings. The summed E-state index contributed by atoms with van der Waals surface area (Å²) in [6, 6.07) is 7.25. The molecule has 2 heterocycles. The monoisotopic (exact) mass is 410 g/mol. The molecule has 3 aliphatic rings. The second kappa shape index (κ2) is 6.92. The summed E-state index contributed by atoms with van der Waals surface area (Å²) < 4.78 is 48.6.